The van der Waals surface area contributed by atoms with Gasteiger partial charge in [0.25, 0.3) is 0 Å². The first kappa shape index (κ1) is 8.86. The van der Waals surface area contributed by atoms with E-state index in [1.165, 1.54) is 12.8 Å². The zero-order valence-corrected chi connectivity index (χ0v) is 7.59. The Morgan fingerprint density at radius 2 is 1.36 bits per heavy atom. The van der Waals surface area contributed by atoms with E-state index in [0.717, 1.165) is 25.7 Å². The summed E-state index contributed by atoms with van der Waals surface area (Å²) in [6, 6.07) is 0. The summed E-state index contributed by atoms with van der Waals surface area (Å²) < 4.78 is 9.99. The van der Waals surface area contributed by atoms with E-state index in [2.05, 4.69) is 20.4 Å². The lowest BCUT2D eigenvalue weighted by Gasteiger charge is -1.93. The fourth-order valence-corrected chi connectivity index (χ4v) is 1.16. The van der Waals surface area contributed by atoms with E-state index >= 15 is 0 Å². The SMILES string of the molecule is c1nnc(CCCCc2nnco2)o1. The van der Waals surface area contributed by atoms with Gasteiger partial charge in [-0.05, 0) is 12.8 Å². The highest BCUT2D eigenvalue weighted by molar-refractivity contribution is 4.76. The summed E-state index contributed by atoms with van der Waals surface area (Å²) in [5, 5.41) is 14.8. The maximum absolute atomic E-state index is 5.00. The molecule has 0 aliphatic rings. The van der Waals surface area contributed by atoms with Gasteiger partial charge in [0, 0.05) is 12.8 Å². The average Bonchev–Trinajstić information content (AvgIpc) is 2.86. The molecule has 74 valence electrons. The molecule has 2 heterocycles. The van der Waals surface area contributed by atoms with Crippen LogP contribution < -0.4 is 0 Å². The first-order valence-electron chi connectivity index (χ1n) is 4.45. The summed E-state index contributed by atoms with van der Waals surface area (Å²) in [5.41, 5.74) is 0. The second-order valence-corrected chi connectivity index (χ2v) is 2.87. The number of aromatic nitrogens is 4. The fraction of sp³-hybridized carbons (Fsp3) is 0.500. The average molecular weight is 194 g/mol. The zero-order chi connectivity index (χ0) is 9.64. The second-order valence-electron chi connectivity index (χ2n) is 2.87. The standard InChI is InChI=1S/C8H10N4O2/c1(3-7-11-9-5-13-7)2-4-8-12-10-6-14-8/h5-6H,1-4H2. The van der Waals surface area contributed by atoms with Crippen LogP contribution in [0.1, 0.15) is 24.6 Å². The topological polar surface area (TPSA) is 77.8 Å². The molecule has 0 radical (unpaired) electrons. The van der Waals surface area contributed by atoms with E-state index in [-0.39, 0.29) is 0 Å². The van der Waals surface area contributed by atoms with E-state index in [1.54, 1.807) is 0 Å². The van der Waals surface area contributed by atoms with Crippen molar-refractivity contribution >= 4 is 0 Å². The van der Waals surface area contributed by atoms with E-state index < -0.39 is 0 Å². The zero-order valence-electron chi connectivity index (χ0n) is 7.59. The first-order valence-corrected chi connectivity index (χ1v) is 4.45. The van der Waals surface area contributed by atoms with Gasteiger partial charge in [0.15, 0.2) is 0 Å². The molecule has 0 saturated carbocycles. The minimum atomic E-state index is 0.676. The molecule has 2 rings (SSSR count). The minimum Gasteiger partial charge on any atom is -0.428 e. The smallest absolute Gasteiger partial charge is 0.216 e. The van der Waals surface area contributed by atoms with Crippen molar-refractivity contribution in [1.29, 1.82) is 0 Å². The van der Waals surface area contributed by atoms with Crippen molar-refractivity contribution in [2.24, 2.45) is 0 Å². The maximum Gasteiger partial charge on any atom is 0.216 e. The number of aryl methyl sites for hydroxylation is 2. The number of rotatable bonds is 5. The van der Waals surface area contributed by atoms with Crippen LogP contribution in [0, 0.1) is 0 Å². The van der Waals surface area contributed by atoms with Crippen LogP contribution in [-0.2, 0) is 12.8 Å². The van der Waals surface area contributed by atoms with Gasteiger partial charge >= 0.3 is 0 Å². The van der Waals surface area contributed by atoms with Gasteiger partial charge in [-0.3, -0.25) is 0 Å². The van der Waals surface area contributed by atoms with Crippen LogP contribution in [0.25, 0.3) is 0 Å². The molecule has 0 aromatic carbocycles. The highest BCUT2D eigenvalue weighted by Crippen LogP contribution is 2.04. The molecule has 6 nitrogen and oxygen atoms in total. The number of hydrogen-bond donors (Lipinski definition) is 0. The van der Waals surface area contributed by atoms with E-state index in [9.17, 15) is 0 Å². The first-order chi connectivity index (χ1) is 6.95. The maximum atomic E-state index is 5.00. The molecule has 0 unspecified atom stereocenters. The van der Waals surface area contributed by atoms with Gasteiger partial charge in [-0.25, -0.2) is 0 Å². The lowest BCUT2D eigenvalue weighted by atomic mass is 10.2. The Hall–Kier alpha value is -1.72. The van der Waals surface area contributed by atoms with Crippen molar-refractivity contribution in [2.45, 2.75) is 25.7 Å². The summed E-state index contributed by atoms with van der Waals surface area (Å²) >= 11 is 0. The van der Waals surface area contributed by atoms with Crippen molar-refractivity contribution in [3.8, 4) is 0 Å². The third kappa shape index (κ3) is 2.38. The van der Waals surface area contributed by atoms with Gasteiger partial charge in [0.2, 0.25) is 24.6 Å². The Labute approximate surface area is 80.4 Å². The van der Waals surface area contributed by atoms with Gasteiger partial charge in [0.1, 0.15) is 0 Å². The Balaban J connectivity index is 1.65. The molecule has 0 atom stereocenters. The Bertz CT molecular complexity index is 307. The second kappa shape index (κ2) is 4.50. The number of hydrogen-bond acceptors (Lipinski definition) is 6. The van der Waals surface area contributed by atoms with Crippen LogP contribution >= 0.6 is 0 Å². The van der Waals surface area contributed by atoms with Crippen molar-refractivity contribution < 1.29 is 8.83 Å². The predicted molar refractivity (Wildman–Crippen MR) is 45.2 cm³/mol. The van der Waals surface area contributed by atoms with Crippen LogP contribution in [0.15, 0.2) is 21.6 Å². The fourth-order valence-electron chi connectivity index (χ4n) is 1.16. The normalized spacial score (nSPS) is 10.6. The van der Waals surface area contributed by atoms with Crippen molar-refractivity contribution in [3.63, 3.8) is 0 Å². The Kier molecular flexibility index (Phi) is 2.85. The monoisotopic (exact) mass is 194 g/mol. The lowest BCUT2D eigenvalue weighted by molar-refractivity contribution is 0.462. The van der Waals surface area contributed by atoms with Gasteiger partial charge in [0.05, 0.1) is 0 Å². The van der Waals surface area contributed by atoms with Crippen molar-refractivity contribution in [2.75, 3.05) is 0 Å². The highest BCUT2D eigenvalue weighted by atomic mass is 16.4. The highest BCUT2D eigenvalue weighted by Gasteiger charge is 2.01. The molecule has 6 heteroatoms. The third-order valence-electron chi connectivity index (χ3n) is 1.84. The minimum absolute atomic E-state index is 0.676. The molecule has 0 bridgehead atoms. The molecule has 0 aliphatic carbocycles. The van der Waals surface area contributed by atoms with E-state index in [0.29, 0.717) is 11.8 Å². The summed E-state index contributed by atoms with van der Waals surface area (Å²) in [6.07, 6.45) is 6.23. The molecule has 2 aromatic rings. The van der Waals surface area contributed by atoms with Crippen LogP contribution in [0.3, 0.4) is 0 Å². The molecule has 2 aromatic heterocycles. The van der Waals surface area contributed by atoms with Crippen LogP contribution in [0.2, 0.25) is 0 Å². The molecular weight excluding hydrogens is 184 g/mol. The predicted octanol–water partition coefficient (Wildman–Crippen LogP) is 1.02. The van der Waals surface area contributed by atoms with Gasteiger partial charge in [-0.1, -0.05) is 0 Å². The van der Waals surface area contributed by atoms with Crippen molar-refractivity contribution in [1.82, 2.24) is 20.4 Å². The number of unbranched alkanes of at least 4 members (excludes halogenated alkanes) is 1. The molecule has 0 saturated heterocycles. The number of nitrogens with zero attached hydrogens (tertiary/aromatic N) is 4. The molecule has 0 fully saturated rings. The van der Waals surface area contributed by atoms with E-state index in [4.69, 9.17) is 8.83 Å². The van der Waals surface area contributed by atoms with Gasteiger partial charge < -0.3 is 8.83 Å². The third-order valence-corrected chi connectivity index (χ3v) is 1.84. The molecule has 0 N–H and O–H groups in total. The molecule has 0 aliphatic heterocycles. The summed E-state index contributed by atoms with van der Waals surface area (Å²) in [5.74, 6) is 1.35. The lowest BCUT2D eigenvalue weighted by Crippen LogP contribution is -1.90. The Morgan fingerprint density at radius 1 is 0.857 bits per heavy atom. The van der Waals surface area contributed by atoms with Gasteiger partial charge in [-0.15, -0.1) is 20.4 Å². The van der Waals surface area contributed by atoms with Gasteiger partial charge in [-0.2, -0.15) is 0 Å². The van der Waals surface area contributed by atoms with Crippen LogP contribution in [0.5, 0.6) is 0 Å². The quantitative estimate of drug-likeness (QED) is 0.661. The van der Waals surface area contributed by atoms with Crippen LogP contribution in [0.4, 0.5) is 0 Å². The summed E-state index contributed by atoms with van der Waals surface area (Å²) in [6.45, 7) is 0. The van der Waals surface area contributed by atoms with Crippen molar-refractivity contribution in [3.05, 3.63) is 24.6 Å². The molecule has 0 spiro atoms. The largest absolute Gasteiger partial charge is 0.428 e. The molecule has 0 amide bonds. The molecular formula is C8H10N4O2. The summed E-state index contributed by atoms with van der Waals surface area (Å²) in [4.78, 5) is 0. The summed E-state index contributed by atoms with van der Waals surface area (Å²) in [7, 11) is 0. The van der Waals surface area contributed by atoms with Crippen LogP contribution in [-0.4, -0.2) is 20.4 Å². The Morgan fingerprint density at radius 3 is 1.71 bits per heavy atom. The van der Waals surface area contributed by atoms with E-state index in [1.807, 2.05) is 0 Å². The molecule has 14 heavy (non-hydrogen) atoms.